The van der Waals surface area contributed by atoms with E-state index in [1.54, 1.807) is 6.07 Å². The van der Waals surface area contributed by atoms with Gasteiger partial charge in [-0.2, -0.15) is 0 Å². The Morgan fingerprint density at radius 1 is 0.969 bits per heavy atom. The van der Waals surface area contributed by atoms with Crippen LogP contribution in [0.25, 0.3) is 0 Å². The summed E-state index contributed by atoms with van der Waals surface area (Å²) < 4.78 is 1.32. The lowest BCUT2D eigenvalue weighted by Gasteiger charge is -2.34. The van der Waals surface area contributed by atoms with Gasteiger partial charge in [0.25, 0.3) is 11.5 Å². The molecule has 0 aliphatic carbocycles. The average Bonchev–Trinajstić information content (AvgIpc) is 3.32. The van der Waals surface area contributed by atoms with Crippen molar-refractivity contribution >= 4 is 11.8 Å². The number of nitrogens with zero attached hydrogens (tertiary/aromatic N) is 3. The Labute approximate surface area is 189 Å². The van der Waals surface area contributed by atoms with E-state index in [4.69, 9.17) is 0 Å². The van der Waals surface area contributed by atoms with E-state index in [0.717, 1.165) is 38.0 Å². The molecule has 2 fully saturated rings. The van der Waals surface area contributed by atoms with Crippen LogP contribution in [-0.2, 0) is 17.9 Å². The van der Waals surface area contributed by atoms with Gasteiger partial charge < -0.3 is 19.7 Å². The fourth-order valence-corrected chi connectivity index (χ4v) is 4.70. The Bertz CT molecular complexity index is 982. The zero-order valence-corrected chi connectivity index (χ0v) is 18.5. The van der Waals surface area contributed by atoms with Crippen molar-refractivity contribution in [2.75, 3.05) is 32.7 Å². The first kappa shape index (κ1) is 22.3. The van der Waals surface area contributed by atoms with Crippen LogP contribution in [0.4, 0.5) is 0 Å². The molecule has 4 rings (SSSR count). The van der Waals surface area contributed by atoms with Gasteiger partial charge in [0, 0.05) is 38.4 Å². The Balaban J connectivity index is 1.36. The van der Waals surface area contributed by atoms with Crippen LogP contribution in [0, 0.1) is 5.92 Å². The lowest BCUT2D eigenvalue weighted by Crippen LogP contribution is -2.43. The van der Waals surface area contributed by atoms with Crippen LogP contribution in [0.3, 0.4) is 0 Å². The van der Waals surface area contributed by atoms with E-state index in [-0.39, 0.29) is 23.9 Å². The van der Waals surface area contributed by atoms with Crippen molar-refractivity contribution < 1.29 is 9.59 Å². The summed E-state index contributed by atoms with van der Waals surface area (Å²) in [5.41, 5.74) is 1.16. The van der Waals surface area contributed by atoms with Crippen molar-refractivity contribution in [3.05, 3.63) is 70.1 Å². The van der Waals surface area contributed by atoms with Crippen molar-refractivity contribution in [3.63, 3.8) is 0 Å². The van der Waals surface area contributed by atoms with Gasteiger partial charge in [-0.15, -0.1) is 0 Å². The second-order valence-electron chi connectivity index (χ2n) is 8.91. The number of rotatable bonds is 7. The van der Waals surface area contributed by atoms with Gasteiger partial charge in [0.15, 0.2) is 0 Å². The Kier molecular flexibility index (Phi) is 7.37. The minimum absolute atomic E-state index is 0.0606. The molecule has 1 aromatic carbocycles. The number of hydrogen-bond donors (Lipinski definition) is 1. The number of pyridine rings is 1. The van der Waals surface area contributed by atoms with Gasteiger partial charge in [-0.1, -0.05) is 30.3 Å². The van der Waals surface area contributed by atoms with Crippen LogP contribution in [0.2, 0.25) is 0 Å². The van der Waals surface area contributed by atoms with Crippen molar-refractivity contribution in [1.82, 2.24) is 19.7 Å². The molecule has 0 saturated carbocycles. The molecule has 1 atom stereocenters. The van der Waals surface area contributed by atoms with Gasteiger partial charge in [-0.05, 0) is 56.3 Å². The number of benzene rings is 1. The second-order valence-corrected chi connectivity index (χ2v) is 8.91. The predicted octanol–water partition coefficient (Wildman–Crippen LogP) is 2.11. The normalized spacial score (nSPS) is 19.1. The first-order chi connectivity index (χ1) is 15.6. The minimum atomic E-state index is -0.290. The van der Waals surface area contributed by atoms with E-state index in [1.165, 1.54) is 42.8 Å². The number of piperidine rings is 1. The maximum absolute atomic E-state index is 13.1. The third-order valence-corrected chi connectivity index (χ3v) is 6.40. The van der Waals surface area contributed by atoms with Crippen LogP contribution in [0.1, 0.15) is 41.6 Å². The molecule has 2 aromatic rings. The number of aromatic nitrogens is 1. The summed E-state index contributed by atoms with van der Waals surface area (Å²) >= 11 is 0. The summed E-state index contributed by atoms with van der Waals surface area (Å²) in [5.74, 6) is 0.180. The zero-order valence-electron chi connectivity index (χ0n) is 18.5. The van der Waals surface area contributed by atoms with E-state index in [1.807, 2.05) is 35.2 Å². The largest absolute Gasteiger partial charge is 0.350 e. The summed E-state index contributed by atoms with van der Waals surface area (Å²) in [5, 5.41) is 2.83. The quantitative estimate of drug-likeness (QED) is 0.722. The summed E-state index contributed by atoms with van der Waals surface area (Å²) in [6.45, 7) is 5.19. The highest BCUT2D eigenvalue weighted by Gasteiger charge is 2.27. The van der Waals surface area contributed by atoms with Crippen molar-refractivity contribution in [2.45, 2.75) is 38.8 Å². The average molecular weight is 437 g/mol. The molecule has 7 nitrogen and oxygen atoms in total. The van der Waals surface area contributed by atoms with Crippen LogP contribution < -0.4 is 10.9 Å². The second kappa shape index (κ2) is 10.6. The Hall–Kier alpha value is -2.93. The summed E-state index contributed by atoms with van der Waals surface area (Å²) in [7, 11) is 0. The molecule has 170 valence electrons. The molecule has 0 spiro atoms. The van der Waals surface area contributed by atoms with Gasteiger partial charge in [-0.25, -0.2) is 0 Å². The number of likely N-dealkylation sites (tertiary alicyclic amines) is 2. The fourth-order valence-electron chi connectivity index (χ4n) is 4.70. The number of hydrogen-bond acceptors (Lipinski definition) is 4. The molecule has 2 amide bonds. The molecule has 2 aliphatic heterocycles. The summed E-state index contributed by atoms with van der Waals surface area (Å²) in [6.07, 6.45) is 6.23. The van der Waals surface area contributed by atoms with Gasteiger partial charge in [0.05, 0.1) is 5.56 Å². The highest BCUT2D eigenvalue weighted by atomic mass is 16.2. The monoisotopic (exact) mass is 436 g/mol. The minimum Gasteiger partial charge on any atom is -0.350 e. The highest BCUT2D eigenvalue weighted by Crippen LogP contribution is 2.21. The maximum atomic E-state index is 13.1. The Morgan fingerprint density at radius 3 is 2.53 bits per heavy atom. The summed E-state index contributed by atoms with van der Waals surface area (Å²) in [4.78, 5) is 42.2. The molecule has 0 radical (unpaired) electrons. The number of carbonyl (C=O) groups is 2. The van der Waals surface area contributed by atoms with Gasteiger partial charge in [-0.3, -0.25) is 14.4 Å². The van der Waals surface area contributed by atoms with E-state index in [2.05, 4.69) is 10.2 Å². The molecule has 2 aliphatic rings. The summed E-state index contributed by atoms with van der Waals surface area (Å²) in [6, 6.07) is 12.6. The molecule has 32 heavy (non-hydrogen) atoms. The first-order valence-electron chi connectivity index (χ1n) is 11.6. The van der Waals surface area contributed by atoms with E-state index < -0.39 is 0 Å². The van der Waals surface area contributed by atoms with E-state index in [0.29, 0.717) is 18.0 Å². The molecular formula is C25H32N4O3. The standard InChI is InChI=1S/C25H32N4O3/c30-23(26-15-20-7-2-1-3-8-20)19-29-18-22(10-11-24(29)31)25(32)28-14-6-9-21(17-28)16-27-12-4-5-13-27/h1-3,7-8,10-11,18,21H,4-6,9,12-17,19H2,(H,26,30)/t21-/m1/s1. The van der Waals surface area contributed by atoms with Crippen molar-refractivity contribution in [2.24, 2.45) is 5.92 Å². The Morgan fingerprint density at radius 2 is 1.75 bits per heavy atom. The van der Waals surface area contributed by atoms with E-state index in [9.17, 15) is 14.4 Å². The van der Waals surface area contributed by atoms with Crippen LogP contribution in [0.5, 0.6) is 0 Å². The van der Waals surface area contributed by atoms with Crippen molar-refractivity contribution in [3.8, 4) is 0 Å². The van der Waals surface area contributed by atoms with Crippen LogP contribution in [0.15, 0.2) is 53.5 Å². The predicted molar refractivity (Wildman–Crippen MR) is 123 cm³/mol. The molecule has 0 bridgehead atoms. The molecule has 0 unspecified atom stereocenters. The van der Waals surface area contributed by atoms with Crippen molar-refractivity contribution in [1.29, 1.82) is 0 Å². The number of nitrogens with one attached hydrogen (secondary N) is 1. The molecular weight excluding hydrogens is 404 g/mol. The molecule has 3 heterocycles. The lowest BCUT2D eigenvalue weighted by molar-refractivity contribution is -0.121. The maximum Gasteiger partial charge on any atom is 0.255 e. The highest BCUT2D eigenvalue weighted by molar-refractivity contribution is 5.94. The third-order valence-electron chi connectivity index (χ3n) is 6.40. The van der Waals surface area contributed by atoms with E-state index >= 15 is 0 Å². The molecule has 7 heteroatoms. The molecule has 1 aromatic heterocycles. The fraction of sp³-hybridized carbons (Fsp3) is 0.480. The topological polar surface area (TPSA) is 74.7 Å². The molecule has 2 saturated heterocycles. The number of amides is 2. The molecule has 1 N–H and O–H groups in total. The van der Waals surface area contributed by atoms with Crippen LogP contribution >= 0.6 is 0 Å². The van der Waals surface area contributed by atoms with Gasteiger partial charge in [0.2, 0.25) is 5.91 Å². The lowest BCUT2D eigenvalue weighted by atomic mass is 9.97. The smallest absolute Gasteiger partial charge is 0.255 e. The zero-order chi connectivity index (χ0) is 22.3. The van der Waals surface area contributed by atoms with Crippen LogP contribution in [-0.4, -0.2) is 58.9 Å². The third kappa shape index (κ3) is 5.85. The SMILES string of the molecule is O=C(Cn1cc(C(=O)N2CCC[C@H](CN3CCCC3)C2)ccc1=O)NCc1ccccc1. The number of carbonyl (C=O) groups excluding carboxylic acids is 2. The first-order valence-corrected chi connectivity index (χ1v) is 11.6. The van der Waals surface area contributed by atoms with Gasteiger partial charge >= 0.3 is 0 Å². The van der Waals surface area contributed by atoms with Gasteiger partial charge in [0.1, 0.15) is 6.54 Å².